The van der Waals surface area contributed by atoms with Crippen LogP contribution < -0.4 is 0 Å². The standard InChI is InChI=1S/C13H18O3/c1-9(12(14)15)11-6-4-5-10(7-11)8-13(2,3)16/h4-7,9,16H,8H2,1-3H3,(H,14,15). The van der Waals surface area contributed by atoms with Gasteiger partial charge in [0.1, 0.15) is 0 Å². The first kappa shape index (κ1) is 12.7. The zero-order valence-corrected chi connectivity index (χ0v) is 9.90. The predicted molar refractivity (Wildman–Crippen MR) is 62.5 cm³/mol. The van der Waals surface area contributed by atoms with E-state index >= 15 is 0 Å². The summed E-state index contributed by atoms with van der Waals surface area (Å²) in [6.07, 6.45) is 0.521. The Labute approximate surface area is 95.7 Å². The largest absolute Gasteiger partial charge is 0.481 e. The van der Waals surface area contributed by atoms with Crippen LogP contribution in [0.1, 0.15) is 37.8 Å². The molecule has 0 aliphatic carbocycles. The molecule has 0 aliphatic heterocycles. The van der Waals surface area contributed by atoms with Crippen molar-refractivity contribution in [3.05, 3.63) is 35.4 Å². The number of carboxylic acid groups (broad SMARTS) is 1. The van der Waals surface area contributed by atoms with E-state index in [0.29, 0.717) is 6.42 Å². The van der Waals surface area contributed by atoms with Crippen molar-refractivity contribution < 1.29 is 15.0 Å². The molecule has 3 heteroatoms. The molecule has 1 aromatic rings. The number of hydrogen-bond donors (Lipinski definition) is 2. The summed E-state index contributed by atoms with van der Waals surface area (Å²) in [7, 11) is 0. The van der Waals surface area contributed by atoms with Gasteiger partial charge in [-0.25, -0.2) is 0 Å². The van der Waals surface area contributed by atoms with Gasteiger partial charge in [-0.15, -0.1) is 0 Å². The molecule has 0 radical (unpaired) electrons. The Morgan fingerprint density at radius 1 is 1.44 bits per heavy atom. The molecule has 1 aromatic carbocycles. The Balaban J connectivity index is 2.91. The van der Waals surface area contributed by atoms with Gasteiger partial charge in [0.15, 0.2) is 0 Å². The maximum Gasteiger partial charge on any atom is 0.310 e. The molecule has 1 unspecified atom stereocenters. The normalized spacial score (nSPS) is 13.5. The van der Waals surface area contributed by atoms with E-state index in [-0.39, 0.29) is 0 Å². The molecule has 0 aromatic heterocycles. The Bertz CT molecular complexity index is 377. The Kier molecular flexibility index (Phi) is 3.70. The van der Waals surface area contributed by atoms with Crippen LogP contribution in [0.25, 0.3) is 0 Å². The fourth-order valence-corrected chi connectivity index (χ4v) is 1.61. The second kappa shape index (κ2) is 4.66. The lowest BCUT2D eigenvalue weighted by Crippen LogP contribution is -2.22. The van der Waals surface area contributed by atoms with Gasteiger partial charge >= 0.3 is 5.97 Å². The zero-order valence-electron chi connectivity index (χ0n) is 9.90. The van der Waals surface area contributed by atoms with E-state index in [1.54, 1.807) is 26.8 Å². The highest BCUT2D eigenvalue weighted by Crippen LogP contribution is 2.19. The Hall–Kier alpha value is -1.35. The molecule has 3 nitrogen and oxygen atoms in total. The molecule has 0 bridgehead atoms. The van der Waals surface area contributed by atoms with Crippen molar-refractivity contribution in [2.45, 2.75) is 38.7 Å². The smallest absolute Gasteiger partial charge is 0.310 e. The van der Waals surface area contributed by atoms with Crippen molar-refractivity contribution in [1.29, 1.82) is 0 Å². The quantitative estimate of drug-likeness (QED) is 0.821. The molecular formula is C13H18O3. The van der Waals surface area contributed by atoms with E-state index in [1.807, 2.05) is 18.2 Å². The molecule has 0 amide bonds. The number of benzene rings is 1. The van der Waals surface area contributed by atoms with Gasteiger partial charge in [-0.05, 0) is 31.9 Å². The number of rotatable bonds is 4. The molecule has 0 heterocycles. The minimum Gasteiger partial charge on any atom is -0.481 e. The summed E-state index contributed by atoms with van der Waals surface area (Å²) < 4.78 is 0. The lowest BCUT2D eigenvalue weighted by atomic mass is 9.94. The fraction of sp³-hybridized carbons (Fsp3) is 0.462. The third kappa shape index (κ3) is 3.66. The molecule has 88 valence electrons. The average Bonchev–Trinajstić information content (AvgIpc) is 2.14. The molecule has 16 heavy (non-hydrogen) atoms. The first-order valence-electron chi connectivity index (χ1n) is 5.33. The molecule has 0 saturated carbocycles. The van der Waals surface area contributed by atoms with Crippen molar-refractivity contribution in [3.63, 3.8) is 0 Å². The average molecular weight is 222 g/mol. The molecule has 0 fully saturated rings. The summed E-state index contributed by atoms with van der Waals surface area (Å²) in [5.41, 5.74) is 0.956. The summed E-state index contributed by atoms with van der Waals surface area (Å²) in [6.45, 7) is 5.13. The van der Waals surface area contributed by atoms with E-state index < -0.39 is 17.5 Å². The van der Waals surface area contributed by atoms with E-state index in [0.717, 1.165) is 11.1 Å². The topological polar surface area (TPSA) is 57.5 Å². The van der Waals surface area contributed by atoms with Gasteiger partial charge in [-0.3, -0.25) is 4.79 Å². The summed E-state index contributed by atoms with van der Waals surface area (Å²) in [5.74, 6) is -1.35. The van der Waals surface area contributed by atoms with Crippen LogP contribution >= 0.6 is 0 Å². The van der Waals surface area contributed by atoms with E-state index in [9.17, 15) is 9.90 Å². The van der Waals surface area contributed by atoms with Crippen LogP contribution in [0.2, 0.25) is 0 Å². The summed E-state index contributed by atoms with van der Waals surface area (Å²) >= 11 is 0. The van der Waals surface area contributed by atoms with Gasteiger partial charge in [0.2, 0.25) is 0 Å². The van der Waals surface area contributed by atoms with Gasteiger partial charge in [0.05, 0.1) is 11.5 Å². The fourth-order valence-electron chi connectivity index (χ4n) is 1.61. The van der Waals surface area contributed by atoms with Gasteiger partial charge in [-0.1, -0.05) is 24.3 Å². The number of aliphatic carboxylic acids is 1. The molecule has 0 spiro atoms. The molecule has 1 atom stereocenters. The van der Waals surface area contributed by atoms with Crippen molar-refractivity contribution in [2.75, 3.05) is 0 Å². The SMILES string of the molecule is CC(C(=O)O)c1cccc(CC(C)(C)O)c1. The van der Waals surface area contributed by atoms with Gasteiger partial charge in [-0.2, -0.15) is 0 Å². The summed E-state index contributed by atoms with van der Waals surface area (Å²) in [5, 5.41) is 18.6. The van der Waals surface area contributed by atoms with Crippen LogP contribution in [-0.2, 0) is 11.2 Å². The van der Waals surface area contributed by atoms with Crippen molar-refractivity contribution >= 4 is 5.97 Å². The second-order valence-electron chi connectivity index (χ2n) is 4.79. The van der Waals surface area contributed by atoms with Gasteiger partial charge in [0, 0.05) is 6.42 Å². The highest BCUT2D eigenvalue weighted by Gasteiger charge is 2.16. The first-order valence-corrected chi connectivity index (χ1v) is 5.33. The Morgan fingerprint density at radius 3 is 2.56 bits per heavy atom. The molecule has 1 rings (SSSR count). The number of aliphatic hydroxyl groups is 1. The van der Waals surface area contributed by atoms with E-state index in [4.69, 9.17) is 5.11 Å². The molecule has 2 N–H and O–H groups in total. The van der Waals surface area contributed by atoms with Crippen LogP contribution in [0.4, 0.5) is 0 Å². The second-order valence-corrected chi connectivity index (χ2v) is 4.79. The Morgan fingerprint density at radius 2 is 2.06 bits per heavy atom. The molecule has 0 aliphatic rings. The highest BCUT2D eigenvalue weighted by molar-refractivity contribution is 5.75. The van der Waals surface area contributed by atoms with E-state index in [2.05, 4.69) is 0 Å². The van der Waals surface area contributed by atoms with E-state index in [1.165, 1.54) is 0 Å². The summed E-state index contributed by atoms with van der Waals surface area (Å²) in [4.78, 5) is 10.8. The van der Waals surface area contributed by atoms with Crippen LogP contribution in [-0.4, -0.2) is 21.8 Å². The predicted octanol–water partition coefficient (Wildman–Crippen LogP) is 2.19. The van der Waals surface area contributed by atoms with Crippen molar-refractivity contribution in [1.82, 2.24) is 0 Å². The number of hydrogen-bond acceptors (Lipinski definition) is 2. The van der Waals surface area contributed by atoms with Crippen LogP contribution in [0.5, 0.6) is 0 Å². The minimum atomic E-state index is -0.833. The third-order valence-corrected chi connectivity index (χ3v) is 2.46. The van der Waals surface area contributed by atoms with Crippen LogP contribution in [0.15, 0.2) is 24.3 Å². The minimum absolute atomic E-state index is 0.512. The molecular weight excluding hydrogens is 204 g/mol. The lowest BCUT2D eigenvalue weighted by Gasteiger charge is -2.18. The number of carbonyl (C=O) groups is 1. The first-order chi connectivity index (χ1) is 7.29. The monoisotopic (exact) mass is 222 g/mol. The van der Waals surface area contributed by atoms with Crippen LogP contribution in [0.3, 0.4) is 0 Å². The third-order valence-electron chi connectivity index (χ3n) is 2.46. The lowest BCUT2D eigenvalue weighted by molar-refractivity contribution is -0.138. The summed E-state index contributed by atoms with van der Waals surface area (Å²) in [6, 6.07) is 7.37. The molecule has 0 saturated heterocycles. The van der Waals surface area contributed by atoms with Crippen LogP contribution in [0, 0.1) is 0 Å². The number of carboxylic acids is 1. The van der Waals surface area contributed by atoms with Gasteiger partial charge in [0.25, 0.3) is 0 Å². The maximum absolute atomic E-state index is 10.8. The van der Waals surface area contributed by atoms with Crippen molar-refractivity contribution in [2.24, 2.45) is 0 Å². The maximum atomic E-state index is 10.8. The van der Waals surface area contributed by atoms with Crippen molar-refractivity contribution in [3.8, 4) is 0 Å². The van der Waals surface area contributed by atoms with Gasteiger partial charge < -0.3 is 10.2 Å². The zero-order chi connectivity index (χ0) is 12.3. The highest BCUT2D eigenvalue weighted by atomic mass is 16.4.